The lowest BCUT2D eigenvalue weighted by molar-refractivity contribution is -0.137. The molecule has 0 saturated carbocycles. The molecule has 2 aromatic carbocycles. The lowest BCUT2D eigenvalue weighted by atomic mass is 10.1. The monoisotopic (exact) mass is 317 g/mol. The Labute approximate surface area is 124 Å². The van der Waals surface area contributed by atoms with E-state index in [2.05, 4.69) is 5.32 Å². The zero-order chi connectivity index (χ0) is 15.5. The van der Waals surface area contributed by atoms with Gasteiger partial charge >= 0.3 is 6.18 Å². The molecule has 6 heteroatoms. The SMILES string of the molecule is Fc1c(Cl)cccc1CNCc1cccc(C(F)(F)F)c1. The predicted octanol–water partition coefficient (Wildman–Crippen LogP) is 4.79. The van der Waals surface area contributed by atoms with Gasteiger partial charge in [0.1, 0.15) is 5.82 Å². The van der Waals surface area contributed by atoms with Crippen LogP contribution in [0.3, 0.4) is 0 Å². The van der Waals surface area contributed by atoms with E-state index < -0.39 is 17.6 Å². The fourth-order valence-electron chi connectivity index (χ4n) is 1.88. The van der Waals surface area contributed by atoms with Crippen molar-refractivity contribution in [3.8, 4) is 0 Å². The highest BCUT2D eigenvalue weighted by molar-refractivity contribution is 6.30. The first-order valence-corrected chi connectivity index (χ1v) is 6.55. The average molecular weight is 318 g/mol. The third-order valence-electron chi connectivity index (χ3n) is 2.93. The first-order valence-electron chi connectivity index (χ1n) is 6.17. The predicted molar refractivity (Wildman–Crippen MR) is 73.4 cm³/mol. The second kappa shape index (κ2) is 6.45. The van der Waals surface area contributed by atoms with E-state index in [9.17, 15) is 17.6 Å². The van der Waals surface area contributed by atoms with Crippen molar-refractivity contribution in [2.45, 2.75) is 19.3 Å². The zero-order valence-corrected chi connectivity index (χ0v) is 11.6. The summed E-state index contributed by atoms with van der Waals surface area (Å²) < 4.78 is 51.3. The number of halogens is 5. The van der Waals surface area contributed by atoms with E-state index in [-0.39, 0.29) is 18.1 Å². The van der Waals surface area contributed by atoms with Crippen molar-refractivity contribution in [3.63, 3.8) is 0 Å². The number of nitrogens with one attached hydrogen (secondary N) is 1. The van der Waals surface area contributed by atoms with E-state index in [1.54, 1.807) is 18.2 Å². The van der Waals surface area contributed by atoms with Crippen molar-refractivity contribution in [3.05, 3.63) is 70.0 Å². The van der Waals surface area contributed by atoms with Crippen LogP contribution >= 0.6 is 11.6 Å². The lowest BCUT2D eigenvalue weighted by Gasteiger charge is -2.10. The normalized spacial score (nSPS) is 11.7. The minimum Gasteiger partial charge on any atom is -0.309 e. The van der Waals surface area contributed by atoms with E-state index in [4.69, 9.17) is 11.6 Å². The van der Waals surface area contributed by atoms with E-state index >= 15 is 0 Å². The molecule has 0 atom stereocenters. The topological polar surface area (TPSA) is 12.0 Å². The molecule has 0 unspecified atom stereocenters. The molecule has 21 heavy (non-hydrogen) atoms. The molecule has 2 aromatic rings. The van der Waals surface area contributed by atoms with E-state index in [1.807, 2.05) is 0 Å². The van der Waals surface area contributed by atoms with Crippen LogP contribution in [-0.4, -0.2) is 0 Å². The number of hydrogen-bond acceptors (Lipinski definition) is 1. The zero-order valence-electron chi connectivity index (χ0n) is 10.8. The van der Waals surface area contributed by atoms with Crippen LogP contribution < -0.4 is 5.32 Å². The van der Waals surface area contributed by atoms with Crippen LogP contribution in [0, 0.1) is 5.82 Å². The molecule has 0 spiro atoms. The Bertz CT molecular complexity index is 625. The number of benzene rings is 2. The second-order valence-electron chi connectivity index (χ2n) is 4.51. The maximum atomic E-state index is 13.6. The third-order valence-corrected chi connectivity index (χ3v) is 3.22. The Balaban J connectivity index is 1.99. The average Bonchev–Trinajstić information content (AvgIpc) is 2.43. The molecular formula is C15H12ClF4N. The standard InChI is InChI=1S/C15H12ClF4N/c16-13-6-2-4-11(14(13)17)9-21-8-10-3-1-5-12(7-10)15(18,19)20/h1-7,21H,8-9H2. The molecule has 0 heterocycles. The highest BCUT2D eigenvalue weighted by Gasteiger charge is 2.30. The molecule has 1 nitrogen and oxygen atoms in total. The highest BCUT2D eigenvalue weighted by atomic mass is 35.5. The summed E-state index contributed by atoms with van der Waals surface area (Å²) in [6.07, 6.45) is -4.37. The van der Waals surface area contributed by atoms with Crippen LogP contribution in [0.2, 0.25) is 5.02 Å². The molecule has 1 N–H and O–H groups in total. The summed E-state index contributed by atoms with van der Waals surface area (Å²) in [7, 11) is 0. The van der Waals surface area contributed by atoms with Gasteiger partial charge in [0.05, 0.1) is 10.6 Å². The van der Waals surface area contributed by atoms with Crippen molar-refractivity contribution < 1.29 is 17.6 Å². The Morgan fingerprint density at radius 2 is 1.71 bits per heavy atom. The van der Waals surface area contributed by atoms with Gasteiger partial charge in [0.25, 0.3) is 0 Å². The molecule has 2 rings (SSSR count). The highest BCUT2D eigenvalue weighted by Crippen LogP contribution is 2.29. The van der Waals surface area contributed by atoms with Crippen LogP contribution in [-0.2, 0) is 19.3 Å². The molecule has 0 fully saturated rings. The van der Waals surface area contributed by atoms with Gasteiger partial charge in [0.15, 0.2) is 0 Å². The summed E-state index contributed by atoms with van der Waals surface area (Å²) in [6.45, 7) is 0.387. The van der Waals surface area contributed by atoms with Crippen LogP contribution in [0.25, 0.3) is 0 Å². The summed E-state index contributed by atoms with van der Waals surface area (Å²) in [6, 6.07) is 9.64. The van der Waals surface area contributed by atoms with Crippen LogP contribution in [0.1, 0.15) is 16.7 Å². The van der Waals surface area contributed by atoms with Crippen LogP contribution in [0.5, 0.6) is 0 Å². The molecular weight excluding hydrogens is 306 g/mol. The van der Waals surface area contributed by atoms with Gasteiger partial charge in [-0.2, -0.15) is 13.2 Å². The van der Waals surface area contributed by atoms with Gasteiger partial charge in [-0.05, 0) is 17.7 Å². The third kappa shape index (κ3) is 4.19. The summed E-state index contributed by atoms with van der Waals surface area (Å²) in [5, 5.41) is 2.92. The Kier molecular flexibility index (Phi) is 4.85. The molecule has 0 amide bonds. The first kappa shape index (κ1) is 15.8. The van der Waals surface area contributed by atoms with Gasteiger partial charge in [0, 0.05) is 18.7 Å². The smallest absolute Gasteiger partial charge is 0.309 e. The first-order chi connectivity index (χ1) is 9.88. The second-order valence-corrected chi connectivity index (χ2v) is 4.92. The largest absolute Gasteiger partial charge is 0.416 e. The van der Waals surface area contributed by atoms with Gasteiger partial charge in [-0.25, -0.2) is 4.39 Å². The van der Waals surface area contributed by atoms with Crippen molar-refractivity contribution in [2.24, 2.45) is 0 Å². The summed E-state index contributed by atoms with van der Waals surface area (Å²) in [4.78, 5) is 0. The Hall–Kier alpha value is -1.59. The van der Waals surface area contributed by atoms with Crippen molar-refractivity contribution >= 4 is 11.6 Å². The molecule has 0 aliphatic rings. The number of rotatable bonds is 4. The maximum absolute atomic E-state index is 13.6. The molecule has 0 aromatic heterocycles. The Morgan fingerprint density at radius 1 is 1.00 bits per heavy atom. The quantitative estimate of drug-likeness (QED) is 0.800. The molecule has 0 aliphatic heterocycles. The number of hydrogen-bond donors (Lipinski definition) is 1. The van der Waals surface area contributed by atoms with Gasteiger partial charge in [0.2, 0.25) is 0 Å². The summed E-state index contributed by atoms with van der Waals surface area (Å²) >= 11 is 5.65. The minimum atomic E-state index is -4.37. The van der Waals surface area contributed by atoms with E-state index in [1.165, 1.54) is 12.1 Å². The van der Waals surface area contributed by atoms with Crippen molar-refractivity contribution in [1.29, 1.82) is 0 Å². The summed E-state index contributed by atoms with van der Waals surface area (Å²) in [5.74, 6) is -0.518. The molecule has 0 radical (unpaired) electrons. The minimum absolute atomic E-state index is 0.0216. The van der Waals surface area contributed by atoms with E-state index in [0.717, 1.165) is 12.1 Å². The molecule has 0 aliphatic carbocycles. The van der Waals surface area contributed by atoms with Crippen LogP contribution in [0.4, 0.5) is 17.6 Å². The van der Waals surface area contributed by atoms with Gasteiger partial charge in [-0.15, -0.1) is 0 Å². The fourth-order valence-corrected chi connectivity index (χ4v) is 2.08. The number of alkyl halides is 3. The summed E-state index contributed by atoms with van der Waals surface area (Å²) in [5.41, 5.74) is 0.150. The maximum Gasteiger partial charge on any atom is 0.416 e. The molecule has 0 saturated heterocycles. The van der Waals surface area contributed by atoms with E-state index in [0.29, 0.717) is 11.1 Å². The molecule has 112 valence electrons. The Morgan fingerprint density at radius 3 is 2.43 bits per heavy atom. The van der Waals surface area contributed by atoms with Gasteiger partial charge in [-0.3, -0.25) is 0 Å². The van der Waals surface area contributed by atoms with Crippen LogP contribution in [0.15, 0.2) is 42.5 Å². The fraction of sp³-hybridized carbons (Fsp3) is 0.200. The van der Waals surface area contributed by atoms with Crippen molar-refractivity contribution in [1.82, 2.24) is 5.32 Å². The molecule has 0 bridgehead atoms. The van der Waals surface area contributed by atoms with Gasteiger partial charge < -0.3 is 5.32 Å². The lowest BCUT2D eigenvalue weighted by Crippen LogP contribution is -2.14. The van der Waals surface area contributed by atoms with Crippen molar-refractivity contribution in [2.75, 3.05) is 0 Å². The van der Waals surface area contributed by atoms with Gasteiger partial charge in [-0.1, -0.05) is 41.9 Å².